The number of nitrogens with one attached hydrogen (secondary N) is 1. The molecule has 1 amide bonds. The van der Waals surface area contributed by atoms with Gasteiger partial charge in [-0.1, -0.05) is 6.07 Å². The maximum absolute atomic E-state index is 11.2. The van der Waals surface area contributed by atoms with Crippen molar-refractivity contribution in [3.05, 3.63) is 30.1 Å². The van der Waals surface area contributed by atoms with Gasteiger partial charge in [0.25, 0.3) is 0 Å². The summed E-state index contributed by atoms with van der Waals surface area (Å²) < 4.78 is 1.86. The third-order valence-corrected chi connectivity index (χ3v) is 3.18. The largest absolute Gasteiger partial charge is 0.478 e. The number of carboxylic acids is 1. The Morgan fingerprint density at radius 2 is 2.33 bits per heavy atom. The molecule has 2 N–H and O–H groups in total. The highest BCUT2D eigenvalue weighted by Gasteiger charge is 2.25. The predicted octanol–water partition coefficient (Wildman–Crippen LogP) is 0.795. The molecule has 6 nitrogen and oxygen atoms in total. The molecule has 0 saturated carbocycles. The van der Waals surface area contributed by atoms with E-state index in [1.54, 1.807) is 12.4 Å². The van der Waals surface area contributed by atoms with Gasteiger partial charge in [-0.05, 0) is 12.1 Å². The molecule has 92 valence electrons. The Hall–Kier alpha value is -2.37. The molecule has 18 heavy (non-hydrogen) atoms. The summed E-state index contributed by atoms with van der Waals surface area (Å²) in [7, 11) is 0. The number of hydrogen-bond acceptors (Lipinski definition) is 3. The van der Waals surface area contributed by atoms with Gasteiger partial charge in [0.15, 0.2) is 0 Å². The number of para-hydroxylation sites is 1. The highest BCUT2D eigenvalue weighted by atomic mass is 16.4. The lowest BCUT2D eigenvalue weighted by Gasteiger charge is -2.10. The van der Waals surface area contributed by atoms with Gasteiger partial charge < -0.3 is 15.0 Å². The summed E-state index contributed by atoms with van der Waals surface area (Å²) in [4.78, 5) is 26.5. The maximum Gasteiger partial charge on any atom is 0.337 e. The number of amides is 1. The van der Waals surface area contributed by atoms with E-state index in [4.69, 9.17) is 5.11 Å². The number of carbonyl (C=O) groups is 2. The first-order chi connectivity index (χ1) is 8.66. The molecule has 3 rings (SSSR count). The van der Waals surface area contributed by atoms with Gasteiger partial charge in [-0.25, -0.2) is 9.78 Å². The molecule has 1 saturated heterocycles. The molecule has 1 aromatic heterocycles. The zero-order valence-electron chi connectivity index (χ0n) is 9.46. The zero-order valence-corrected chi connectivity index (χ0v) is 9.46. The van der Waals surface area contributed by atoms with Crippen LogP contribution in [-0.4, -0.2) is 33.1 Å². The number of nitrogens with zero attached hydrogens (tertiary/aromatic N) is 2. The molecule has 1 fully saturated rings. The van der Waals surface area contributed by atoms with Crippen molar-refractivity contribution in [1.82, 2.24) is 14.9 Å². The maximum atomic E-state index is 11.2. The molecule has 6 heteroatoms. The fraction of sp³-hybridized carbons (Fsp3) is 0.250. The minimum atomic E-state index is -0.994. The van der Waals surface area contributed by atoms with E-state index < -0.39 is 5.97 Å². The molecular formula is C12H11N3O3. The number of rotatable bonds is 2. The van der Waals surface area contributed by atoms with Crippen molar-refractivity contribution >= 4 is 22.9 Å². The summed E-state index contributed by atoms with van der Waals surface area (Å²) in [5.41, 5.74) is 1.39. The molecule has 1 aliphatic rings. The molecule has 1 aliphatic heterocycles. The standard InChI is InChI=1S/C12H11N3O3/c16-10-4-7(5-13-10)15-6-14-11-8(12(17)18)2-1-3-9(11)15/h1-3,6-7H,4-5H2,(H,13,16)(H,17,18). The van der Waals surface area contributed by atoms with Gasteiger partial charge in [-0.2, -0.15) is 0 Å². The van der Waals surface area contributed by atoms with Crippen LogP contribution in [0.4, 0.5) is 0 Å². The molecule has 0 radical (unpaired) electrons. The molecule has 0 bridgehead atoms. The van der Waals surface area contributed by atoms with Crippen molar-refractivity contribution < 1.29 is 14.7 Å². The fourth-order valence-corrected chi connectivity index (χ4v) is 2.31. The Bertz CT molecular complexity index is 647. The highest BCUT2D eigenvalue weighted by Crippen LogP contribution is 2.24. The summed E-state index contributed by atoms with van der Waals surface area (Å²) in [5.74, 6) is -0.984. The number of aromatic nitrogens is 2. The van der Waals surface area contributed by atoms with Gasteiger partial charge in [-0.3, -0.25) is 4.79 Å². The van der Waals surface area contributed by atoms with Crippen LogP contribution in [0.3, 0.4) is 0 Å². The summed E-state index contributed by atoms with van der Waals surface area (Å²) in [6.07, 6.45) is 2.00. The highest BCUT2D eigenvalue weighted by molar-refractivity contribution is 6.01. The third-order valence-electron chi connectivity index (χ3n) is 3.18. The van der Waals surface area contributed by atoms with E-state index in [1.165, 1.54) is 6.07 Å². The second-order valence-electron chi connectivity index (χ2n) is 4.29. The van der Waals surface area contributed by atoms with E-state index in [0.717, 1.165) is 5.52 Å². The molecular weight excluding hydrogens is 234 g/mol. The minimum Gasteiger partial charge on any atom is -0.478 e. The van der Waals surface area contributed by atoms with Gasteiger partial charge in [0, 0.05) is 13.0 Å². The van der Waals surface area contributed by atoms with Crippen LogP contribution in [0.15, 0.2) is 24.5 Å². The van der Waals surface area contributed by atoms with Crippen LogP contribution >= 0.6 is 0 Å². The van der Waals surface area contributed by atoms with Gasteiger partial charge in [0.05, 0.1) is 23.4 Å². The lowest BCUT2D eigenvalue weighted by atomic mass is 10.1. The van der Waals surface area contributed by atoms with E-state index in [-0.39, 0.29) is 17.5 Å². The smallest absolute Gasteiger partial charge is 0.337 e. The Morgan fingerprint density at radius 1 is 1.50 bits per heavy atom. The Kier molecular flexibility index (Phi) is 2.29. The monoisotopic (exact) mass is 245 g/mol. The van der Waals surface area contributed by atoms with E-state index in [2.05, 4.69) is 10.3 Å². The van der Waals surface area contributed by atoms with E-state index in [1.807, 2.05) is 10.6 Å². The summed E-state index contributed by atoms with van der Waals surface area (Å²) in [6.45, 7) is 0.557. The van der Waals surface area contributed by atoms with Gasteiger partial charge in [0.1, 0.15) is 5.52 Å². The number of hydrogen-bond donors (Lipinski definition) is 2. The van der Waals surface area contributed by atoms with Crippen LogP contribution in [-0.2, 0) is 4.79 Å². The molecule has 1 atom stereocenters. The van der Waals surface area contributed by atoms with Gasteiger partial charge in [-0.15, -0.1) is 0 Å². The molecule has 1 aromatic carbocycles. The third kappa shape index (κ3) is 1.54. The molecule has 2 aromatic rings. The number of carbonyl (C=O) groups excluding carboxylic acids is 1. The van der Waals surface area contributed by atoms with Crippen LogP contribution < -0.4 is 5.32 Å². The summed E-state index contributed by atoms with van der Waals surface area (Å²) in [6, 6.07) is 5.04. The van der Waals surface area contributed by atoms with Crippen LogP contribution in [0.1, 0.15) is 22.8 Å². The Labute approximate surface area is 102 Å². The van der Waals surface area contributed by atoms with Crippen LogP contribution in [0.2, 0.25) is 0 Å². The molecule has 0 aliphatic carbocycles. The fourth-order valence-electron chi connectivity index (χ4n) is 2.31. The zero-order chi connectivity index (χ0) is 12.7. The number of aromatic carboxylic acids is 1. The van der Waals surface area contributed by atoms with E-state index in [9.17, 15) is 9.59 Å². The topological polar surface area (TPSA) is 84.2 Å². The molecule has 2 heterocycles. The second kappa shape index (κ2) is 3.83. The first-order valence-electron chi connectivity index (χ1n) is 5.62. The lowest BCUT2D eigenvalue weighted by molar-refractivity contribution is -0.119. The van der Waals surface area contributed by atoms with Crippen molar-refractivity contribution in [3.63, 3.8) is 0 Å². The SMILES string of the molecule is O=C1CC(n2cnc3c(C(=O)O)cccc32)CN1. The number of imidazole rings is 1. The van der Waals surface area contributed by atoms with E-state index in [0.29, 0.717) is 18.5 Å². The number of benzene rings is 1. The summed E-state index contributed by atoms with van der Waals surface area (Å²) in [5, 5.41) is 11.8. The van der Waals surface area contributed by atoms with Crippen molar-refractivity contribution in [2.24, 2.45) is 0 Å². The lowest BCUT2D eigenvalue weighted by Crippen LogP contribution is -2.15. The van der Waals surface area contributed by atoms with Crippen LogP contribution in [0, 0.1) is 0 Å². The van der Waals surface area contributed by atoms with Crippen molar-refractivity contribution in [2.75, 3.05) is 6.54 Å². The molecule has 1 unspecified atom stereocenters. The predicted molar refractivity (Wildman–Crippen MR) is 63.4 cm³/mol. The van der Waals surface area contributed by atoms with Crippen molar-refractivity contribution in [3.8, 4) is 0 Å². The number of carboxylic acid groups (broad SMARTS) is 1. The minimum absolute atomic E-state index is 0.00606. The number of fused-ring (bicyclic) bond motifs is 1. The second-order valence-corrected chi connectivity index (χ2v) is 4.29. The van der Waals surface area contributed by atoms with Crippen LogP contribution in [0.25, 0.3) is 11.0 Å². The molecule has 0 spiro atoms. The first kappa shape index (κ1) is 10.8. The normalized spacial score (nSPS) is 19.1. The average Bonchev–Trinajstić information content (AvgIpc) is 2.93. The quantitative estimate of drug-likeness (QED) is 0.819. The van der Waals surface area contributed by atoms with Gasteiger partial charge in [0.2, 0.25) is 5.91 Å². The Morgan fingerprint density at radius 3 is 3.00 bits per heavy atom. The van der Waals surface area contributed by atoms with Crippen molar-refractivity contribution in [2.45, 2.75) is 12.5 Å². The van der Waals surface area contributed by atoms with Crippen molar-refractivity contribution in [1.29, 1.82) is 0 Å². The van der Waals surface area contributed by atoms with Gasteiger partial charge >= 0.3 is 5.97 Å². The Balaban J connectivity index is 2.12. The average molecular weight is 245 g/mol. The van der Waals surface area contributed by atoms with E-state index >= 15 is 0 Å². The summed E-state index contributed by atoms with van der Waals surface area (Å²) >= 11 is 0. The first-order valence-corrected chi connectivity index (χ1v) is 5.62. The van der Waals surface area contributed by atoms with Crippen LogP contribution in [0.5, 0.6) is 0 Å².